The predicted octanol–water partition coefficient (Wildman–Crippen LogP) is 3.25. The van der Waals surface area contributed by atoms with Crippen molar-refractivity contribution in [1.29, 1.82) is 0 Å². The first kappa shape index (κ1) is 18.4. The van der Waals surface area contributed by atoms with Crippen molar-refractivity contribution >= 4 is 17.7 Å². The maximum atomic E-state index is 13.1. The molecule has 0 spiro atoms. The lowest BCUT2D eigenvalue weighted by molar-refractivity contribution is -0.121. The number of carbonyl (C=O) groups excluding carboxylic acids is 1. The van der Waals surface area contributed by atoms with E-state index in [1.54, 1.807) is 6.07 Å². The van der Waals surface area contributed by atoms with E-state index in [2.05, 4.69) is 15.3 Å². The lowest BCUT2D eigenvalue weighted by Crippen LogP contribution is -2.26. The summed E-state index contributed by atoms with van der Waals surface area (Å²) >= 11 is 1.51. The second-order valence-corrected chi connectivity index (χ2v) is 6.36. The van der Waals surface area contributed by atoms with Gasteiger partial charge in [0.05, 0.1) is 0 Å². The van der Waals surface area contributed by atoms with E-state index >= 15 is 0 Å². The summed E-state index contributed by atoms with van der Waals surface area (Å²) in [5.41, 5.74) is 3.77. The molecule has 0 fully saturated rings. The molecule has 0 aliphatic carbocycles. The molecule has 1 aromatic carbocycles. The zero-order valence-electron chi connectivity index (χ0n) is 14.2. The van der Waals surface area contributed by atoms with Crippen LogP contribution in [0.4, 0.5) is 4.39 Å². The Hall–Kier alpha value is -1.95. The summed E-state index contributed by atoms with van der Waals surface area (Å²) in [6.07, 6.45) is 3.58. The van der Waals surface area contributed by atoms with E-state index in [-0.39, 0.29) is 11.7 Å². The first-order valence-corrected chi connectivity index (χ1v) is 9.11. The topological polar surface area (TPSA) is 54.9 Å². The van der Waals surface area contributed by atoms with Gasteiger partial charge in [0.2, 0.25) is 5.91 Å². The number of nitrogens with zero attached hydrogens (tertiary/aromatic N) is 2. The van der Waals surface area contributed by atoms with Crippen molar-refractivity contribution in [3.8, 4) is 0 Å². The normalized spacial score (nSPS) is 10.7. The van der Waals surface area contributed by atoms with E-state index in [0.717, 1.165) is 27.7 Å². The van der Waals surface area contributed by atoms with Crippen LogP contribution in [0.3, 0.4) is 0 Å². The first-order chi connectivity index (χ1) is 11.5. The average molecular weight is 347 g/mol. The standard InChI is InChI=1S/C18H22FN3OS/c1-12-16(13(2)22-18(21-12)24-3)7-8-17(23)20-10-9-14-5-4-6-15(19)11-14/h4-6,11H,7-10H2,1-3H3,(H,20,23). The molecule has 1 aromatic heterocycles. The summed E-state index contributed by atoms with van der Waals surface area (Å²) in [6, 6.07) is 6.43. The molecule has 0 radical (unpaired) electrons. The molecule has 0 aliphatic heterocycles. The highest BCUT2D eigenvalue weighted by atomic mass is 32.2. The molecule has 6 heteroatoms. The summed E-state index contributed by atoms with van der Waals surface area (Å²) in [5, 5.41) is 3.63. The van der Waals surface area contributed by atoms with E-state index < -0.39 is 0 Å². The Bertz CT molecular complexity index is 698. The van der Waals surface area contributed by atoms with Gasteiger partial charge in [-0.15, -0.1) is 0 Å². The molecule has 1 heterocycles. The van der Waals surface area contributed by atoms with E-state index in [4.69, 9.17) is 0 Å². The molecule has 2 rings (SSSR count). The predicted molar refractivity (Wildman–Crippen MR) is 94.7 cm³/mol. The van der Waals surface area contributed by atoms with E-state index in [1.807, 2.05) is 26.2 Å². The van der Waals surface area contributed by atoms with Crippen LogP contribution in [0.2, 0.25) is 0 Å². The van der Waals surface area contributed by atoms with Crippen LogP contribution in [0.1, 0.15) is 28.9 Å². The summed E-state index contributed by atoms with van der Waals surface area (Å²) in [4.78, 5) is 20.8. The van der Waals surface area contributed by atoms with Crippen molar-refractivity contribution < 1.29 is 9.18 Å². The largest absolute Gasteiger partial charge is 0.356 e. The Kier molecular flexibility index (Phi) is 6.73. The van der Waals surface area contributed by atoms with Gasteiger partial charge >= 0.3 is 0 Å². The van der Waals surface area contributed by atoms with Crippen LogP contribution in [-0.4, -0.2) is 28.7 Å². The summed E-state index contributed by atoms with van der Waals surface area (Å²) in [7, 11) is 0. The molecule has 4 nitrogen and oxygen atoms in total. The van der Waals surface area contributed by atoms with Gasteiger partial charge in [-0.3, -0.25) is 4.79 Å². The molecule has 0 saturated heterocycles. The van der Waals surface area contributed by atoms with Crippen molar-refractivity contribution in [2.45, 2.75) is 38.3 Å². The van der Waals surface area contributed by atoms with Crippen LogP contribution in [0.5, 0.6) is 0 Å². The fourth-order valence-electron chi connectivity index (χ4n) is 2.53. The first-order valence-electron chi connectivity index (χ1n) is 7.89. The van der Waals surface area contributed by atoms with Gasteiger partial charge in [-0.1, -0.05) is 23.9 Å². The SMILES string of the molecule is CSc1nc(C)c(CCC(=O)NCCc2cccc(F)c2)c(C)n1. The lowest BCUT2D eigenvalue weighted by Gasteiger charge is -2.10. The Morgan fingerprint density at radius 1 is 1.21 bits per heavy atom. The highest BCUT2D eigenvalue weighted by Gasteiger charge is 2.10. The van der Waals surface area contributed by atoms with E-state index in [9.17, 15) is 9.18 Å². The second kappa shape index (κ2) is 8.78. The minimum absolute atomic E-state index is 0.0147. The number of benzene rings is 1. The van der Waals surface area contributed by atoms with E-state index in [1.165, 1.54) is 23.9 Å². The van der Waals surface area contributed by atoms with Gasteiger partial charge in [0.1, 0.15) is 5.82 Å². The smallest absolute Gasteiger partial charge is 0.220 e. The average Bonchev–Trinajstić information content (AvgIpc) is 2.54. The van der Waals surface area contributed by atoms with Crippen LogP contribution in [0.15, 0.2) is 29.4 Å². The van der Waals surface area contributed by atoms with Crippen LogP contribution in [-0.2, 0) is 17.6 Å². The second-order valence-electron chi connectivity index (χ2n) is 5.59. The van der Waals surface area contributed by atoms with Gasteiger partial charge < -0.3 is 5.32 Å². The third kappa shape index (κ3) is 5.30. The number of nitrogens with one attached hydrogen (secondary N) is 1. The monoisotopic (exact) mass is 347 g/mol. The highest BCUT2D eigenvalue weighted by molar-refractivity contribution is 7.98. The van der Waals surface area contributed by atoms with Gasteiger partial charge in [0.25, 0.3) is 0 Å². The summed E-state index contributed by atoms with van der Waals surface area (Å²) in [6.45, 7) is 4.40. The molecule has 2 aromatic rings. The molecule has 128 valence electrons. The Balaban J connectivity index is 1.81. The van der Waals surface area contributed by atoms with Gasteiger partial charge in [-0.25, -0.2) is 14.4 Å². The quantitative estimate of drug-likeness (QED) is 0.617. The number of halogens is 1. The van der Waals surface area contributed by atoms with Crippen molar-refractivity contribution in [3.63, 3.8) is 0 Å². The molecule has 0 saturated carbocycles. The molecule has 0 unspecified atom stereocenters. The van der Waals surface area contributed by atoms with Gasteiger partial charge in [-0.05, 0) is 56.2 Å². The van der Waals surface area contributed by atoms with Crippen LogP contribution < -0.4 is 5.32 Å². The van der Waals surface area contributed by atoms with Crippen molar-refractivity contribution in [1.82, 2.24) is 15.3 Å². The molecule has 1 N–H and O–H groups in total. The fourth-order valence-corrected chi connectivity index (χ4v) is 2.98. The third-order valence-corrected chi connectivity index (χ3v) is 4.36. The Morgan fingerprint density at radius 2 is 1.92 bits per heavy atom. The van der Waals surface area contributed by atoms with Crippen LogP contribution >= 0.6 is 11.8 Å². The van der Waals surface area contributed by atoms with E-state index in [0.29, 0.717) is 25.8 Å². The van der Waals surface area contributed by atoms with Crippen LogP contribution in [0.25, 0.3) is 0 Å². The van der Waals surface area contributed by atoms with Crippen LogP contribution in [0, 0.1) is 19.7 Å². The molecule has 0 bridgehead atoms. The number of hydrogen-bond donors (Lipinski definition) is 1. The number of rotatable bonds is 7. The summed E-state index contributed by atoms with van der Waals surface area (Å²) in [5.74, 6) is -0.266. The van der Waals surface area contributed by atoms with Gasteiger partial charge in [0.15, 0.2) is 5.16 Å². The minimum atomic E-state index is -0.251. The number of carbonyl (C=O) groups is 1. The van der Waals surface area contributed by atoms with Crippen molar-refractivity contribution in [3.05, 3.63) is 52.6 Å². The zero-order valence-corrected chi connectivity index (χ0v) is 15.0. The molecular weight excluding hydrogens is 325 g/mol. The highest BCUT2D eigenvalue weighted by Crippen LogP contribution is 2.17. The molecular formula is C18H22FN3OS. The van der Waals surface area contributed by atoms with Crippen molar-refractivity contribution in [2.24, 2.45) is 0 Å². The van der Waals surface area contributed by atoms with Gasteiger partial charge in [-0.2, -0.15) is 0 Å². The number of amides is 1. The maximum Gasteiger partial charge on any atom is 0.220 e. The number of hydrogen-bond acceptors (Lipinski definition) is 4. The lowest BCUT2D eigenvalue weighted by atomic mass is 10.1. The molecule has 0 aliphatic rings. The molecule has 1 amide bonds. The number of thioether (sulfide) groups is 1. The zero-order chi connectivity index (χ0) is 17.5. The molecule has 24 heavy (non-hydrogen) atoms. The Labute approximate surface area is 146 Å². The van der Waals surface area contributed by atoms with Gasteiger partial charge in [0, 0.05) is 24.4 Å². The third-order valence-electron chi connectivity index (χ3n) is 3.81. The summed E-state index contributed by atoms with van der Waals surface area (Å²) < 4.78 is 13.1. The Morgan fingerprint density at radius 3 is 2.54 bits per heavy atom. The number of aromatic nitrogens is 2. The molecule has 0 atom stereocenters. The number of aryl methyl sites for hydroxylation is 2. The minimum Gasteiger partial charge on any atom is -0.356 e. The fraction of sp³-hybridized carbons (Fsp3) is 0.389. The maximum absolute atomic E-state index is 13.1. The van der Waals surface area contributed by atoms with Crippen molar-refractivity contribution in [2.75, 3.05) is 12.8 Å².